The van der Waals surface area contributed by atoms with Gasteiger partial charge in [-0.3, -0.25) is 4.68 Å². The van der Waals surface area contributed by atoms with Gasteiger partial charge in [-0.25, -0.2) is 22.8 Å². The third-order valence-corrected chi connectivity index (χ3v) is 5.55. The van der Waals surface area contributed by atoms with Crippen LogP contribution in [0.3, 0.4) is 0 Å². The number of aromatic nitrogens is 5. The molecule has 120 valence electrons. The smallest absolute Gasteiger partial charge is 0.243 e. The minimum atomic E-state index is -3.49. The van der Waals surface area contributed by atoms with Crippen LogP contribution >= 0.6 is 0 Å². The molecule has 3 rings (SSSR count). The summed E-state index contributed by atoms with van der Waals surface area (Å²) in [7, 11) is -3.49. The Morgan fingerprint density at radius 3 is 2.64 bits per heavy atom. The minimum Gasteiger partial charge on any atom is -0.272 e. The maximum Gasteiger partial charge on any atom is 0.243 e. The fourth-order valence-corrected chi connectivity index (χ4v) is 4.06. The van der Waals surface area contributed by atoms with Gasteiger partial charge >= 0.3 is 0 Å². The maximum atomic E-state index is 12.3. The predicted molar refractivity (Wildman–Crippen MR) is 79.5 cm³/mol. The Hall–Kier alpha value is -1.74. The predicted octanol–water partition coefficient (Wildman–Crippen LogP) is 0.957. The van der Waals surface area contributed by atoms with Gasteiger partial charge in [0, 0.05) is 18.8 Å². The van der Waals surface area contributed by atoms with Crippen LogP contribution in [0.4, 0.5) is 0 Å². The normalized spacial score (nSPS) is 22.8. The number of sulfonamides is 1. The molecule has 0 bridgehead atoms. The lowest BCUT2D eigenvalue weighted by molar-refractivity contribution is 0.293. The van der Waals surface area contributed by atoms with Crippen molar-refractivity contribution in [1.29, 1.82) is 0 Å². The summed E-state index contributed by atoms with van der Waals surface area (Å²) in [6.07, 6.45) is 9.58. The van der Waals surface area contributed by atoms with Crippen LogP contribution in [-0.2, 0) is 16.6 Å². The number of hydrogen-bond donors (Lipinski definition) is 1. The molecule has 0 radical (unpaired) electrons. The summed E-state index contributed by atoms with van der Waals surface area (Å²) in [5.74, 6) is 0. The average Bonchev–Trinajstić information content (AvgIpc) is 3.19. The molecular weight excluding hydrogens is 304 g/mol. The third kappa shape index (κ3) is 3.20. The zero-order chi connectivity index (χ0) is 15.6. The lowest BCUT2D eigenvalue weighted by atomic mass is 9.92. The second kappa shape index (κ2) is 6.17. The second-order valence-electron chi connectivity index (χ2n) is 5.53. The molecule has 1 fully saturated rings. The highest BCUT2D eigenvalue weighted by Gasteiger charge is 2.27. The van der Waals surface area contributed by atoms with Crippen molar-refractivity contribution in [2.45, 2.75) is 56.1 Å². The molecule has 1 saturated carbocycles. The van der Waals surface area contributed by atoms with E-state index < -0.39 is 10.0 Å². The number of nitrogens with one attached hydrogen (secondary N) is 1. The van der Waals surface area contributed by atoms with Crippen molar-refractivity contribution >= 4 is 10.0 Å². The number of hydrogen-bond acceptors (Lipinski definition) is 5. The van der Waals surface area contributed by atoms with Crippen LogP contribution < -0.4 is 4.72 Å². The fraction of sp³-hybridized carbons (Fsp3) is 0.615. The SMILES string of the molecule is CCn1cc(S(=O)(=O)NC2CCC(n3cncn3)CC2)cn1. The van der Waals surface area contributed by atoms with Crippen molar-refractivity contribution in [3.8, 4) is 0 Å². The zero-order valence-electron chi connectivity index (χ0n) is 12.5. The Morgan fingerprint density at radius 1 is 1.27 bits per heavy atom. The van der Waals surface area contributed by atoms with E-state index >= 15 is 0 Å². The molecule has 1 aliphatic carbocycles. The Bertz CT molecular complexity index is 701. The third-order valence-electron chi connectivity index (χ3n) is 4.07. The first-order valence-electron chi connectivity index (χ1n) is 7.47. The van der Waals surface area contributed by atoms with E-state index in [0.717, 1.165) is 25.7 Å². The average molecular weight is 324 g/mol. The van der Waals surface area contributed by atoms with Crippen molar-refractivity contribution in [2.75, 3.05) is 0 Å². The molecule has 0 amide bonds. The van der Waals surface area contributed by atoms with Crippen LogP contribution in [0.5, 0.6) is 0 Å². The molecule has 1 aliphatic rings. The van der Waals surface area contributed by atoms with Crippen LogP contribution in [0, 0.1) is 0 Å². The van der Waals surface area contributed by atoms with Gasteiger partial charge in [0.1, 0.15) is 17.6 Å². The van der Waals surface area contributed by atoms with Crippen LogP contribution in [-0.4, -0.2) is 39.0 Å². The molecule has 1 N–H and O–H groups in total. The van der Waals surface area contributed by atoms with Gasteiger partial charge < -0.3 is 0 Å². The van der Waals surface area contributed by atoms with E-state index in [4.69, 9.17) is 0 Å². The molecule has 0 aromatic carbocycles. The molecule has 0 aliphatic heterocycles. The summed E-state index contributed by atoms with van der Waals surface area (Å²) < 4.78 is 30.9. The lowest BCUT2D eigenvalue weighted by Gasteiger charge is -2.28. The number of nitrogens with zero attached hydrogens (tertiary/aromatic N) is 5. The molecule has 8 nitrogen and oxygen atoms in total. The van der Waals surface area contributed by atoms with E-state index in [-0.39, 0.29) is 10.9 Å². The molecule has 2 heterocycles. The Labute approximate surface area is 129 Å². The molecule has 0 saturated heterocycles. The van der Waals surface area contributed by atoms with Crippen molar-refractivity contribution in [3.63, 3.8) is 0 Å². The zero-order valence-corrected chi connectivity index (χ0v) is 13.3. The van der Waals surface area contributed by atoms with Crippen molar-refractivity contribution in [2.24, 2.45) is 0 Å². The quantitative estimate of drug-likeness (QED) is 0.884. The summed E-state index contributed by atoms with van der Waals surface area (Å²) in [6, 6.07) is 0.279. The van der Waals surface area contributed by atoms with Crippen LogP contribution in [0.15, 0.2) is 29.9 Å². The van der Waals surface area contributed by atoms with E-state index in [0.29, 0.717) is 12.6 Å². The fourth-order valence-electron chi connectivity index (χ4n) is 2.81. The van der Waals surface area contributed by atoms with E-state index in [1.54, 1.807) is 17.2 Å². The molecule has 22 heavy (non-hydrogen) atoms. The van der Waals surface area contributed by atoms with Gasteiger partial charge in [-0.15, -0.1) is 0 Å². The lowest BCUT2D eigenvalue weighted by Crippen LogP contribution is -2.37. The van der Waals surface area contributed by atoms with Gasteiger partial charge in [0.25, 0.3) is 0 Å². The second-order valence-corrected chi connectivity index (χ2v) is 7.25. The Balaban J connectivity index is 1.60. The number of aryl methyl sites for hydroxylation is 1. The highest BCUT2D eigenvalue weighted by atomic mass is 32.2. The molecule has 0 atom stereocenters. The van der Waals surface area contributed by atoms with Crippen molar-refractivity contribution < 1.29 is 8.42 Å². The first-order valence-corrected chi connectivity index (χ1v) is 8.95. The monoisotopic (exact) mass is 324 g/mol. The van der Waals surface area contributed by atoms with Gasteiger partial charge in [-0.05, 0) is 32.6 Å². The molecule has 2 aromatic rings. The van der Waals surface area contributed by atoms with Gasteiger partial charge in [0.2, 0.25) is 10.0 Å². The molecule has 0 unspecified atom stereocenters. The summed E-state index contributed by atoms with van der Waals surface area (Å²) in [5.41, 5.74) is 0. The highest BCUT2D eigenvalue weighted by Crippen LogP contribution is 2.28. The standard InChI is InChI=1S/C13H20N6O2S/c1-2-18-8-13(7-15-18)22(20,21)17-11-3-5-12(6-4-11)19-10-14-9-16-19/h7-12,17H,2-6H2,1H3. The molecule has 0 spiro atoms. The summed E-state index contributed by atoms with van der Waals surface area (Å²) in [6.45, 7) is 2.57. The number of rotatable bonds is 5. The van der Waals surface area contributed by atoms with Gasteiger partial charge in [-0.2, -0.15) is 10.2 Å². The van der Waals surface area contributed by atoms with Crippen LogP contribution in [0.25, 0.3) is 0 Å². The summed E-state index contributed by atoms with van der Waals surface area (Å²) in [5, 5.41) is 8.17. The first-order chi connectivity index (χ1) is 10.6. The summed E-state index contributed by atoms with van der Waals surface area (Å²) >= 11 is 0. The topological polar surface area (TPSA) is 94.7 Å². The molecular formula is C13H20N6O2S. The van der Waals surface area contributed by atoms with Crippen molar-refractivity contribution in [3.05, 3.63) is 25.0 Å². The van der Waals surface area contributed by atoms with E-state index in [9.17, 15) is 8.42 Å². The largest absolute Gasteiger partial charge is 0.272 e. The Morgan fingerprint density at radius 2 is 2.05 bits per heavy atom. The van der Waals surface area contributed by atoms with Gasteiger partial charge in [0.15, 0.2) is 0 Å². The maximum absolute atomic E-state index is 12.3. The molecule has 2 aromatic heterocycles. The van der Waals surface area contributed by atoms with Crippen LogP contribution in [0.1, 0.15) is 38.6 Å². The van der Waals surface area contributed by atoms with Gasteiger partial charge in [-0.1, -0.05) is 0 Å². The van der Waals surface area contributed by atoms with E-state index in [1.165, 1.54) is 12.5 Å². The summed E-state index contributed by atoms with van der Waals surface area (Å²) in [4.78, 5) is 4.19. The highest BCUT2D eigenvalue weighted by molar-refractivity contribution is 7.89. The Kier molecular flexibility index (Phi) is 4.25. The van der Waals surface area contributed by atoms with Crippen LogP contribution in [0.2, 0.25) is 0 Å². The molecule has 9 heteroatoms. The van der Waals surface area contributed by atoms with Crippen molar-refractivity contribution in [1.82, 2.24) is 29.3 Å². The minimum absolute atomic E-state index is 0.0326. The van der Waals surface area contributed by atoms with E-state index in [2.05, 4.69) is 19.9 Å². The first kappa shape index (κ1) is 15.2. The van der Waals surface area contributed by atoms with Gasteiger partial charge in [0.05, 0.1) is 12.2 Å². The van der Waals surface area contributed by atoms with E-state index in [1.807, 2.05) is 11.6 Å².